The van der Waals surface area contributed by atoms with Crippen molar-refractivity contribution in [2.45, 2.75) is 13.3 Å². The van der Waals surface area contributed by atoms with E-state index >= 15 is 0 Å². The number of hydrogen-bond acceptors (Lipinski definition) is 4. The second kappa shape index (κ2) is 7.37. The Morgan fingerprint density at radius 2 is 1.92 bits per heavy atom. The van der Waals surface area contributed by atoms with Gasteiger partial charge < -0.3 is 10.2 Å². The molecule has 138 valence electrons. The largest absolute Gasteiger partial charge is 0.375 e. The summed E-state index contributed by atoms with van der Waals surface area (Å²) in [5.41, 5.74) is 2.84. The van der Waals surface area contributed by atoms with Crippen molar-refractivity contribution in [3.8, 4) is 0 Å². The molecule has 1 N–H and O–H groups in total. The lowest BCUT2D eigenvalue weighted by atomic mass is 10.2. The third-order valence-corrected chi connectivity index (χ3v) is 6.41. The average molecular weight is 373 g/mol. The number of benzene rings is 2. The number of carbonyl (C=O) groups excluding carboxylic acids is 1. The maximum atomic E-state index is 12.5. The second-order valence-electron chi connectivity index (χ2n) is 6.31. The molecule has 3 rings (SSSR count). The molecule has 1 amide bonds. The van der Waals surface area contributed by atoms with Gasteiger partial charge >= 0.3 is 0 Å². The number of hydrogen-bond donors (Lipinski definition) is 1. The summed E-state index contributed by atoms with van der Waals surface area (Å²) >= 11 is 0. The van der Waals surface area contributed by atoms with Crippen LogP contribution in [0, 0.1) is 0 Å². The van der Waals surface area contributed by atoms with E-state index in [1.165, 1.54) is 4.31 Å². The van der Waals surface area contributed by atoms with Gasteiger partial charge in [-0.05, 0) is 55.8 Å². The molecular weight excluding hydrogens is 350 g/mol. The molecule has 2 aromatic carbocycles. The Bertz CT molecular complexity index is 895. The van der Waals surface area contributed by atoms with E-state index < -0.39 is 10.0 Å². The molecule has 1 saturated heterocycles. The number of sulfonamides is 1. The Hall–Kier alpha value is -2.54. The van der Waals surface area contributed by atoms with Crippen LogP contribution in [0.15, 0.2) is 48.5 Å². The Morgan fingerprint density at radius 3 is 2.54 bits per heavy atom. The summed E-state index contributed by atoms with van der Waals surface area (Å²) in [5.74, 6) is -0.0465. The lowest BCUT2D eigenvalue weighted by Crippen LogP contribution is -2.25. The highest BCUT2D eigenvalue weighted by Crippen LogP contribution is 2.24. The minimum Gasteiger partial charge on any atom is -0.375 e. The van der Waals surface area contributed by atoms with E-state index in [1.807, 2.05) is 31.3 Å². The quantitative estimate of drug-likeness (QED) is 0.875. The van der Waals surface area contributed by atoms with Crippen LogP contribution in [0.25, 0.3) is 0 Å². The van der Waals surface area contributed by atoms with Crippen LogP contribution >= 0.6 is 0 Å². The molecule has 6 nitrogen and oxygen atoms in total. The van der Waals surface area contributed by atoms with Gasteiger partial charge in [-0.15, -0.1) is 0 Å². The lowest BCUT2D eigenvalue weighted by Gasteiger charge is -2.18. The zero-order valence-corrected chi connectivity index (χ0v) is 15.8. The number of nitrogens with one attached hydrogen (secondary N) is 1. The second-order valence-corrected chi connectivity index (χ2v) is 8.32. The Labute approximate surface area is 154 Å². The fraction of sp³-hybridized carbons (Fsp3) is 0.316. The molecule has 1 aliphatic rings. The topological polar surface area (TPSA) is 69.7 Å². The normalized spacial score (nSPS) is 15.7. The molecule has 0 unspecified atom stereocenters. The summed E-state index contributed by atoms with van der Waals surface area (Å²) in [4.78, 5) is 14.6. The minimum absolute atomic E-state index is 0.178. The van der Waals surface area contributed by atoms with E-state index in [9.17, 15) is 13.2 Å². The van der Waals surface area contributed by atoms with Crippen molar-refractivity contribution in [2.24, 2.45) is 0 Å². The molecule has 0 saturated carbocycles. The summed E-state index contributed by atoms with van der Waals surface area (Å²) in [5, 5.41) is 2.89. The molecule has 2 aromatic rings. The SMILES string of the molecule is CCN(C)c1cccc(NC(=O)c2ccc(N3CCCS3(=O)=O)cc2)c1. The molecule has 0 radical (unpaired) electrons. The highest BCUT2D eigenvalue weighted by molar-refractivity contribution is 7.93. The zero-order valence-electron chi connectivity index (χ0n) is 15.0. The Morgan fingerprint density at radius 1 is 1.19 bits per heavy atom. The molecule has 0 bridgehead atoms. The fourth-order valence-electron chi connectivity index (χ4n) is 2.92. The van der Waals surface area contributed by atoms with Gasteiger partial charge in [0.25, 0.3) is 5.91 Å². The predicted molar refractivity (Wildman–Crippen MR) is 106 cm³/mol. The van der Waals surface area contributed by atoms with Gasteiger partial charge in [0.05, 0.1) is 11.4 Å². The first-order chi connectivity index (χ1) is 12.4. The maximum absolute atomic E-state index is 12.5. The zero-order chi connectivity index (χ0) is 18.7. The van der Waals surface area contributed by atoms with Gasteiger partial charge in [0.15, 0.2) is 0 Å². The van der Waals surface area contributed by atoms with E-state index in [0.717, 1.165) is 17.9 Å². The summed E-state index contributed by atoms with van der Waals surface area (Å²) in [6.45, 7) is 3.43. The van der Waals surface area contributed by atoms with Crippen LogP contribution in [0.1, 0.15) is 23.7 Å². The molecule has 1 fully saturated rings. The molecule has 1 aliphatic heterocycles. The lowest BCUT2D eigenvalue weighted by molar-refractivity contribution is 0.102. The maximum Gasteiger partial charge on any atom is 0.255 e. The Kier molecular flexibility index (Phi) is 5.18. The van der Waals surface area contributed by atoms with Crippen molar-refractivity contribution < 1.29 is 13.2 Å². The molecule has 1 heterocycles. The van der Waals surface area contributed by atoms with Gasteiger partial charge in [0.2, 0.25) is 10.0 Å². The van der Waals surface area contributed by atoms with Gasteiger partial charge in [-0.25, -0.2) is 8.42 Å². The molecule has 26 heavy (non-hydrogen) atoms. The Balaban J connectivity index is 1.73. The first-order valence-corrected chi connectivity index (χ1v) is 10.2. The van der Waals surface area contributed by atoms with Crippen molar-refractivity contribution in [2.75, 3.05) is 40.4 Å². The van der Waals surface area contributed by atoms with Crippen LogP contribution in [-0.4, -0.2) is 40.2 Å². The standard InChI is InChI=1S/C19H23N3O3S/c1-3-21(2)18-7-4-6-16(14-18)20-19(23)15-8-10-17(11-9-15)22-12-5-13-26(22,24)25/h4,6-11,14H,3,5,12-13H2,1-2H3,(H,20,23). The third-order valence-electron chi connectivity index (χ3n) is 4.54. The minimum atomic E-state index is -3.21. The van der Waals surface area contributed by atoms with E-state index in [0.29, 0.717) is 24.2 Å². The summed E-state index contributed by atoms with van der Waals surface area (Å²) in [6, 6.07) is 14.3. The van der Waals surface area contributed by atoms with Gasteiger partial charge in [-0.1, -0.05) is 6.07 Å². The van der Waals surface area contributed by atoms with Crippen LogP contribution in [0.2, 0.25) is 0 Å². The van der Waals surface area contributed by atoms with E-state index in [-0.39, 0.29) is 11.7 Å². The molecule has 0 aromatic heterocycles. The predicted octanol–water partition coefficient (Wildman–Crippen LogP) is 2.93. The van der Waals surface area contributed by atoms with Crippen molar-refractivity contribution in [3.63, 3.8) is 0 Å². The molecule has 7 heteroatoms. The number of carbonyl (C=O) groups is 1. The van der Waals surface area contributed by atoms with Crippen LogP contribution in [0.5, 0.6) is 0 Å². The molecule has 0 aliphatic carbocycles. The van der Waals surface area contributed by atoms with Gasteiger partial charge in [-0.2, -0.15) is 0 Å². The van der Waals surface area contributed by atoms with Crippen LogP contribution in [-0.2, 0) is 10.0 Å². The van der Waals surface area contributed by atoms with Crippen molar-refractivity contribution in [3.05, 3.63) is 54.1 Å². The third kappa shape index (κ3) is 3.83. The van der Waals surface area contributed by atoms with E-state index in [4.69, 9.17) is 0 Å². The number of anilines is 3. The van der Waals surface area contributed by atoms with Crippen molar-refractivity contribution in [1.29, 1.82) is 0 Å². The number of rotatable bonds is 5. The molecular formula is C19H23N3O3S. The monoisotopic (exact) mass is 373 g/mol. The average Bonchev–Trinajstić information content (AvgIpc) is 3.00. The van der Waals surface area contributed by atoms with Gasteiger partial charge in [0, 0.05) is 37.1 Å². The highest BCUT2D eigenvalue weighted by atomic mass is 32.2. The summed E-state index contributed by atoms with van der Waals surface area (Å²) < 4.78 is 25.4. The smallest absolute Gasteiger partial charge is 0.255 e. The molecule has 0 atom stereocenters. The van der Waals surface area contributed by atoms with E-state index in [2.05, 4.69) is 17.1 Å². The summed E-state index contributed by atoms with van der Waals surface area (Å²) in [7, 11) is -1.22. The first-order valence-electron chi connectivity index (χ1n) is 8.64. The number of nitrogens with zero attached hydrogens (tertiary/aromatic N) is 2. The number of amides is 1. The van der Waals surface area contributed by atoms with Crippen molar-refractivity contribution in [1.82, 2.24) is 0 Å². The molecule has 0 spiro atoms. The highest BCUT2D eigenvalue weighted by Gasteiger charge is 2.28. The summed E-state index contributed by atoms with van der Waals surface area (Å²) in [6.07, 6.45) is 0.632. The first kappa shape index (κ1) is 18.3. The van der Waals surface area contributed by atoms with Gasteiger partial charge in [-0.3, -0.25) is 9.10 Å². The van der Waals surface area contributed by atoms with Crippen molar-refractivity contribution >= 4 is 33.0 Å². The fourth-order valence-corrected chi connectivity index (χ4v) is 4.48. The van der Waals surface area contributed by atoms with Crippen LogP contribution in [0.3, 0.4) is 0 Å². The van der Waals surface area contributed by atoms with E-state index in [1.54, 1.807) is 24.3 Å². The van der Waals surface area contributed by atoms with Crippen LogP contribution in [0.4, 0.5) is 17.1 Å². The van der Waals surface area contributed by atoms with Crippen LogP contribution < -0.4 is 14.5 Å². The van der Waals surface area contributed by atoms with Gasteiger partial charge in [0.1, 0.15) is 0 Å².